The van der Waals surface area contributed by atoms with Crippen LogP contribution in [0.3, 0.4) is 0 Å². The number of nitrogens with one attached hydrogen (secondary N) is 2. The van der Waals surface area contributed by atoms with Gasteiger partial charge in [-0.15, -0.1) is 0 Å². The molecule has 2 N–H and O–H groups in total. The highest BCUT2D eigenvalue weighted by Crippen LogP contribution is 2.17. The molecular formula is C16H17BrN2S. The SMILES string of the molecule is Cc1ccccc1NC(=S)N[C@H](C)c1ccc(Br)cc1. The van der Waals surface area contributed by atoms with E-state index in [1.807, 2.05) is 30.3 Å². The molecule has 2 rings (SSSR count). The molecule has 4 heteroatoms. The molecule has 2 aromatic rings. The molecule has 0 bridgehead atoms. The Morgan fingerprint density at radius 2 is 1.75 bits per heavy atom. The van der Waals surface area contributed by atoms with Crippen LogP contribution in [0.5, 0.6) is 0 Å². The van der Waals surface area contributed by atoms with Gasteiger partial charge in [-0.2, -0.15) is 0 Å². The number of thiocarbonyl (C=S) groups is 1. The van der Waals surface area contributed by atoms with Crippen molar-refractivity contribution >= 4 is 38.9 Å². The average Bonchev–Trinajstić information content (AvgIpc) is 2.42. The molecule has 0 aliphatic carbocycles. The number of para-hydroxylation sites is 1. The summed E-state index contributed by atoms with van der Waals surface area (Å²) in [7, 11) is 0. The molecule has 0 spiro atoms. The Morgan fingerprint density at radius 3 is 2.40 bits per heavy atom. The van der Waals surface area contributed by atoms with Gasteiger partial charge in [-0.1, -0.05) is 46.3 Å². The maximum Gasteiger partial charge on any atom is 0.171 e. The van der Waals surface area contributed by atoms with Crippen molar-refractivity contribution in [3.8, 4) is 0 Å². The quantitative estimate of drug-likeness (QED) is 0.778. The van der Waals surface area contributed by atoms with Gasteiger partial charge >= 0.3 is 0 Å². The summed E-state index contributed by atoms with van der Waals surface area (Å²) in [6.45, 7) is 4.15. The predicted molar refractivity (Wildman–Crippen MR) is 93.1 cm³/mol. The minimum atomic E-state index is 0.159. The van der Waals surface area contributed by atoms with Crippen molar-refractivity contribution in [1.82, 2.24) is 5.32 Å². The Labute approximate surface area is 133 Å². The number of hydrogen-bond acceptors (Lipinski definition) is 1. The van der Waals surface area contributed by atoms with E-state index < -0.39 is 0 Å². The van der Waals surface area contributed by atoms with Gasteiger partial charge in [0.25, 0.3) is 0 Å². The van der Waals surface area contributed by atoms with Gasteiger partial charge < -0.3 is 10.6 Å². The van der Waals surface area contributed by atoms with E-state index in [0.717, 1.165) is 10.2 Å². The molecule has 0 fully saturated rings. The van der Waals surface area contributed by atoms with E-state index in [2.05, 4.69) is 58.6 Å². The molecule has 0 saturated heterocycles. The van der Waals surface area contributed by atoms with Gasteiger partial charge in [0.05, 0.1) is 6.04 Å². The van der Waals surface area contributed by atoms with E-state index in [9.17, 15) is 0 Å². The lowest BCUT2D eigenvalue weighted by atomic mass is 10.1. The highest BCUT2D eigenvalue weighted by Gasteiger charge is 2.07. The number of hydrogen-bond donors (Lipinski definition) is 2. The second-order valence-electron chi connectivity index (χ2n) is 4.69. The number of halogens is 1. The Kier molecular flexibility index (Phi) is 5.15. The summed E-state index contributed by atoms with van der Waals surface area (Å²) >= 11 is 8.81. The fourth-order valence-corrected chi connectivity index (χ4v) is 2.45. The lowest BCUT2D eigenvalue weighted by molar-refractivity contribution is 0.722. The molecule has 0 unspecified atom stereocenters. The number of benzene rings is 2. The van der Waals surface area contributed by atoms with Crippen molar-refractivity contribution in [1.29, 1.82) is 0 Å². The van der Waals surface area contributed by atoms with Crippen molar-refractivity contribution in [2.45, 2.75) is 19.9 Å². The zero-order valence-electron chi connectivity index (χ0n) is 11.5. The van der Waals surface area contributed by atoms with Crippen molar-refractivity contribution in [3.63, 3.8) is 0 Å². The smallest absolute Gasteiger partial charge is 0.171 e. The maximum atomic E-state index is 5.37. The largest absolute Gasteiger partial charge is 0.356 e. The van der Waals surface area contributed by atoms with Crippen LogP contribution in [-0.4, -0.2) is 5.11 Å². The van der Waals surface area contributed by atoms with Crippen LogP contribution in [0.2, 0.25) is 0 Å². The molecule has 2 nitrogen and oxygen atoms in total. The molecule has 0 amide bonds. The van der Waals surface area contributed by atoms with Crippen LogP contribution in [0, 0.1) is 6.92 Å². The third-order valence-corrected chi connectivity index (χ3v) is 3.86. The van der Waals surface area contributed by atoms with Crippen molar-refractivity contribution < 1.29 is 0 Å². The fraction of sp³-hybridized carbons (Fsp3) is 0.188. The third-order valence-electron chi connectivity index (χ3n) is 3.11. The van der Waals surface area contributed by atoms with Crippen LogP contribution in [0.4, 0.5) is 5.69 Å². The van der Waals surface area contributed by atoms with Crippen LogP contribution in [0.15, 0.2) is 53.0 Å². The minimum absolute atomic E-state index is 0.159. The van der Waals surface area contributed by atoms with Gasteiger partial charge in [0, 0.05) is 10.2 Å². The van der Waals surface area contributed by atoms with E-state index in [4.69, 9.17) is 12.2 Å². The highest BCUT2D eigenvalue weighted by molar-refractivity contribution is 9.10. The second kappa shape index (κ2) is 6.86. The molecule has 20 heavy (non-hydrogen) atoms. The monoisotopic (exact) mass is 348 g/mol. The van der Waals surface area contributed by atoms with Crippen molar-refractivity contribution in [2.75, 3.05) is 5.32 Å². The zero-order valence-corrected chi connectivity index (χ0v) is 13.9. The lowest BCUT2D eigenvalue weighted by Gasteiger charge is -2.18. The van der Waals surface area contributed by atoms with Gasteiger partial charge in [0.1, 0.15) is 0 Å². The topological polar surface area (TPSA) is 24.1 Å². The Hall–Kier alpha value is -1.39. The van der Waals surface area contributed by atoms with Crippen LogP contribution >= 0.6 is 28.1 Å². The molecule has 0 aliphatic heterocycles. The van der Waals surface area contributed by atoms with Crippen LogP contribution in [0.25, 0.3) is 0 Å². The summed E-state index contributed by atoms with van der Waals surface area (Å²) in [5.74, 6) is 0. The van der Waals surface area contributed by atoms with E-state index in [1.165, 1.54) is 11.1 Å². The van der Waals surface area contributed by atoms with Crippen LogP contribution in [0.1, 0.15) is 24.1 Å². The van der Waals surface area contributed by atoms with Gasteiger partial charge in [0.15, 0.2) is 5.11 Å². The molecule has 0 aliphatic rings. The summed E-state index contributed by atoms with van der Waals surface area (Å²) in [6.07, 6.45) is 0. The van der Waals surface area contributed by atoms with Crippen molar-refractivity contribution in [3.05, 3.63) is 64.1 Å². The van der Waals surface area contributed by atoms with E-state index >= 15 is 0 Å². The molecule has 0 radical (unpaired) electrons. The van der Waals surface area contributed by atoms with Crippen LogP contribution < -0.4 is 10.6 Å². The van der Waals surface area contributed by atoms with Gasteiger partial charge in [-0.3, -0.25) is 0 Å². The minimum Gasteiger partial charge on any atom is -0.356 e. The Morgan fingerprint density at radius 1 is 1.10 bits per heavy atom. The molecule has 2 aromatic carbocycles. The first kappa shape index (κ1) is 15.0. The highest BCUT2D eigenvalue weighted by atomic mass is 79.9. The number of aryl methyl sites for hydroxylation is 1. The van der Waals surface area contributed by atoms with E-state index in [1.54, 1.807) is 0 Å². The fourth-order valence-electron chi connectivity index (χ4n) is 1.90. The normalized spacial score (nSPS) is 11.8. The van der Waals surface area contributed by atoms with Gasteiger partial charge in [-0.05, 0) is 55.4 Å². The van der Waals surface area contributed by atoms with Gasteiger partial charge in [-0.25, -0.2) is 0 Å². The number of anilines is 1. The zero-order chi connectivity index (χ0) is 14.5. The van der Waals surface area contributed by atoms with Gasteiger partial charge in [0.2, 0.25) is 0 Å². The summed E-state index contributed by atoms with van der Waals surface area (Å²) in [4.78, 5) is 0. The lowest BCUT2D eigenvalue weighted by Crippen LogP contribution is -2.31. The summed E-state index contributed by atoms with van der Waals surface area (Å²) in [5.41, 5.74) is 3.41. The van der Waals surface area contributed by atoms with Crippen molar-refractivity contribution in [2.24, 2.45) is 0 Å². The number of rotatable bonds is 3. The average molecular weight is 349 g/mol. The summed E-state index contributed by atoms with van der Waals surface area (Å²) in [6, 6.07) is 16.5. The Bertz CT molecular complexity index is 596. The third kappa shape index (κ3) is 4.05. The summed E-state index contributed by atoms with van der Waals surface area (Å²) in [5, 5.41) is 7.16. The van der Waals surface area contributed by atoms with E-state index in [-0.39, 0.29) is 6.04 Å². The molecule has 0 aromatic heterocycles. The molecule has 104 valence electrons. The Balaban J connectivity index is 1.98. The second-order valence-corrected chi connectivity index (χ2v) is 6.01. The first-order valence-electron chi connectivity index (χ1n) is 6.45. The first-order valence-corrected chi connectivity index (χ1v) is 7.65. The molecule has 0 heterocycles. The predicted octanol–water partition coefficient (Wildman–Crippen LogP) is 4.81. The van der Waals surface area contributed by atoms with E-state index in [0.29, 0.717) is 5.11 Å². The first-order chi connectivity index (χ1) is 9.56. The maximum absolute atomic E-state index is 5.37. The molecule has 1 atom stereocenters. The van der Waals surface area contributed by atoms with Crippen LogP contribution in [-0.2, 0) is 0 Å². The molecule has 0 saturated carbocycles. The standard InChI is InChI=1S/C16H17BrN2S/c1-11-5-3-4-6-15(11)19-16(20)18-12(2)13-7-9-14(17)10-8-13/h3-10,12H,1-2H3,(H2,18,19,20)/t12-/m1/s1. The molecular weight excluding hydrogens is 332 g/mol. The summed E-state index contributed by atoms with van der Waals surface area (Å²) < 4.78 is 1.08.